The van der Waals surface area contributed by atoms with Crippen molar-refractivity contribution in [3.05, 3.63) is 101 Å². The Morgan fingerprint density at radius 3 is 2.53 bits per heavy atom. The van der Waals surface area contributed by atoms with Gasteiger partial charge in [0.2, 0.25) is 0 Å². The average molecular weight is 501 g/mol. The van der Waals surface area contributed by atoms with Crippen molar-refractivity contribution in [1.82, 2.24) is 4.90 Å². The molecule has 1 saturated heterocycles. The molecule has 0 radical (unpaired) electrons. The maximum Gasteiger partial charge on any atom is 0.267 e. The molecule has 3 aromatic rings. The Morgan fingerprint density at radius 1 is 1.11 bits per heavy atom. The molecule has 0 unspecified atom stereocenters. The number of hydrogen-bond donors (Lipinski definition) is 1. The molecule has 184 valence electrons. The van der Waals surface area contributed by atoms with Gasteiger partial charge in [0.15, 0.2) is 16.7 Å². The predicted octanol–water partition coefficient (Wildman–Crippen LogP) is 6.33. The highest BCUT2D eigenvalue weighted by Gasteiger charge is 2.33. The van der Waals surface area contributed by atoms with Gasteiger partial charge < -0.3 is 14.6 Å². The molecule has 0 aromatic heterocycles. The van der Waals surface area contributed by atoms with Crippen molar-refractivity contribution in [2.24, 2.45) is 4.99 Å². The quantitative estimate of drug-likeness (QED) is 0.275. The van der Waals surface area contributed by atoms with E-state index >= 15 is 0 Å². The zero-order valence-electron chi connectivity index (χ0n) is 20.3. The average Bonchev–Trinajstić information content (AvgIpc) is 3.16. The molecule has 0 aliphatic carbocycles. The van der Waals surface area contributed by atoms with E-state index in [0.717, 1.165) is 22.6 Å². The fourth-order valence-corrected chi connectivity index (χ4v) is 4.76. The number of para-hydroxylation sites is 1. The largest absolute Gasteiger partial charge is 0.504 e. The number of aliphatic imine (C=N–C) groups is 1. The summed E-state index contributed by atoms with van der Waals surface area (Å²) in [7, 11) is 1.62. The summed E-state index contributed by atoms with van der Waals surface area (Å²) in [6, 6.07) is 20.8. The minimum absolute atomic E-state index is 0.0942. The SMILES string of the molecule is C=CCc1cc(/C=C2\SC(=Nc3ccccc3)N(Cc3ccc(OC)cc3)C2=O)cc(OCC)c1O. The van der Waals surface area contributed by atoms with E-state index in [-0.39, 0.29) is 11.7 Å². The molecule has 4 rings (SSSR count). The third kappa shape index (κ3) is 5.80. The molecule has 1 aliphatic rings. The third-order valence-electron chi connectivity index (χ3n) is 5.51. The third-order valence-corrected chi connectivity index (χ3v) is 6.51. The highest BCUT2D eigenvalue weighted by molar-refractivity contribution is 8.18. The first-order valence-electron chi connectivity index (χ1n) is 11.6. The highest BCUT2D eigenvalue weighted by atomic mass is 32.2. The van der Waals surface area contributed by atoms with Crippen LogP contribution < -0.4 is 9.47 Å². The van der Waals surface area contributed by atoms with Crippen molar-refractivity contribution in [3.8, 4) is 17.2 Å². The van der Waals surface area contributed by atoms with E-state index in [9.17, 15) is 9.90 Å². The molecule has 3 aromatic carbocycles. The van der Waals surface area contributed by atoms with Gasteiger partial charge in [0.05, 0.1) is 30.9 Å². The second-order valence-electron chi connectivity index (χ2n) is 8.03. The first-order valence-corrected chi connectivity index (χ1v) is 12.4. The number of phenols is 1. The number of amides is 1. The fourth-order valence-electron chi connectivity index (χ4n) is 3.76. The molecule has 6 nitrogen and oxygen atoms in total. The number of thioether (sulfide) groups is 1. The Labute approximate surface area is 215 Å². The second kappa shape index (κ2) is 11.6. The summed E-state index contributed by atoms with van der Waals surface area (Å²) in [5, 5.41) is 11.1. The Morgan fingerprint density at radius 2 is 1.86 bits per heavy atom. The van der Waals surface area contributed by atoms with Gasteiger partial charge in [-0.1, -0.05) is 36.4 Å². The first-order chi connectivity index (χ1) is 17.5. The number of nitrogens with zero attached hydrogens (tertiary/aromatic N) is 2. The van der Waals surface area contributed by atoms with Crippen LogP contribution in [0.3, 0.4) is 0 Å². The van der Waals surface area contributed by atoms with E-state index in [1.54, 1.807) is 24.2 Å². The first kappa shape index (κ1) is 25.1. The van der Waals surface area contributed by atoms with Gasteiger partial charge in [0.25, 0.3) is 5.91 Å². The molecule has 0 bridgehead atoms. The van der Waals surface area contributed by atoms with Gasteiger partial charge in [-0.25, -0.2) is 4.99 Å². The molecule has 1 heterocycles. The molecule has 1 fully saturated rings. The van der Waals surface area contributed by atoms with Gasteiger partial charge in [0.1, 0.15) is 5.75 Å². The van der Waals surface area contributed by atoms with Crippen molar-refractivity contribution in [3.63, 3.8) is 0 Å². The summed E-state index contributed by atoms with van der Waals surface area (Å²) < 4.78 is 10.9. The molecule has 1 aliphatic heterocycles. The lowest BCUT2D eigenvalue weighted by Crippen LogP contribution is -2.28. The van der Waals surface area contributed by atoms with Crippen LogP contribution in [-0.4, -0.2) is 34.8 Å². The molecule has 0 spiro atoms. The van der Waals surface area contributed by atoms with E-state index in [2.05, 4.69) is 6.58 Å². The highest BCUT2D eigenvalue weighted by Crippen LogP contribution is 2.38. The zero-order chi connectivity index (χ0) is 25.5. The predicted molar refractivity (Wildman–Crippen MR) is 146 cm³/mol. The summed E-state index contributed by atoms with van der Waals surface area (Å²) in [5.74, 6) is 1.10. The standard InChI is InChI=1S/C29H28N2O4S/c1-4-9-22-16-21(17-25(27(22)32)35-5-2)18-26-28(33)31(19-20-12-14-24(34-3)15-13-20)29(36-26)30-23-10-7-6-8-11-23/h4,6-8,10-18,32H,1,5,9,19H2,2-3H3/b26-18-,30-29?. The van der Waals surface area contributed by atoms with Crippen LogP contribution in [0.4, 0.5) is 5.69 Å². The summed E-state index contributed by atoms with van der Waals surface area (Å²) in [4.78, 5) is 20.5. The van der Waals surface area contributed by atoms with Gasteiger partial charge in [0, 0.05) is 5.56 Å². The van der Waals surface area contributed by atoms with E-state index in [0.29, 0.717) is 41.0 Å². The number of benzene rings is 3. The van der Waals surface area contributed by atoms with Crippen molar-refractivity contribution >= 4 is 34.6 Å². The van der Waals surface area contributed by atoms with Gasteiger partial charge in [-0.15, -0.1) is 6.58 Å². The molecule has 0 saturated carbocycles. The molecule has 36 heavy (non-hydrogen) atoms. The van der Waals surface area contributed by atoms with E-state index < -0.39 is 0 Å². The number of carbonyl (C=O) groups is 1. The maximum absolute atomic E-state index is 13.6. The van der Waals surface area contributed by atoms with Crippen molar-refractivity contribution in [1.29, 1.82) is 0 Å². The topological polar surface area (TPSA) is 71.4 Å². The van der Waals surface area contributed by atoms with Crippen LogP contribution in [0.1, 0.15) is 23.6 Å². The van der Waals surface area contributed by atoms with E-state index in [4.69, 9.17) is 14.5 Å². The Hall–Kier alpha value is -3.97. The number of ether oxygens (including phenoxy) is 2. The second-order valence-corrected chi connectivity index (χ2v) is 9.04. The monoisotopic (exact) mass is 500 g/mol. The summed E-state index contributed by atoms with van der Waals surface area (Å²) in [5.41, 5.74) is 3.18. The molecule has 7 heteroatoms. The number of allylic oxidation sites excluding steroid dienone is 1. The van der Waals surface area contributed by atoms with Crippen LogP contribution in [-0.2, 0) is 17.8 Å². The number of methoxy groups -OCH3 is 1. The fraction of sp³-hybridized carbons (Fsp3) is 0.172. The smallest absolute Gasteiger partial charge is 0.267 e. The molecule has 1 N–H and O–H groups in total. The molecular weight excluding hydrogens is 472 g/mol. The van der Waals surface area contributed by atoms with Crippen molar-refractivity contribution in [2.45, 2.75) is 19.9 Å². The lowest BCUT2D eigenvalue weighted by Gasteiger charge is -2.16. The van der Waals surface area contributed by atoms with Crippen molar-refractivity contribution in [2.75, 3.05) is 13.7 Å². The minimum atomic E-state index is -0.137. The van der Waals surface area contributed by atoms with Crippen LogP contribution in [0.25, 0.3) is 6.08 Å². The summed E-state index contributed by atoms with van der Waals surface area (Å²) in [6.07, 6.45) is 4.02. The number of amidine groups is 1. The normalized spacial score (nSPS) is 15.5. The van der Waals surface area contributed by atoms with Gasteiger partial charge in [-0.05, 0) is 78.7 Å². The van der Waals surface area contributed by atoms with E-state index in [1.165, 1.54) is 11.8 Å². The summed E-state index contributed by atoms with van der Waals surface area (Å²) in [6.45, 7) is 6.42. The summed E-state index contributed by atoms with van der Waals surface area (Å²) >= 11 is 1.33. The number of carbonyl (C=O) groups excluding carboxylic acids is 1. The van der Waals surface area contributed by atoms with Crippen LogP contribution in [0.5, 0.6) is 17.2 Å². The number of hydrogen-bond acceptors (Lipinski definition) is 6. The lowest BCUT2D eigenvalue weighted by atomic mass is 10.0. The van der Waals surface area contributed by atoms with E-state index in [1.807, 2.05) is 73.7 Å². The van der Waals surface area contributed by atoms with Crippen LogP contribution in [0.2, 0.25) is 0 Å². The molecule has 1 amide bonds. The number of phenolic OH excluding ortho intramolecular Hbond substituents is 1. The number of rotatable bonds is 9. The van der Waals surface area contributed by atoms with Crippen LogP contribution in [0, 0.1) is 0 Å². The Bertz CT molecular complexity index is 1300. The lowest BCUT2D eigenvalue weighted by molar-refractivity contribution is -0.122. The number of aromatic hydroxyl groups is 1. The zero-order valence-corrected chi connectivity index (χ0v) is 21.1. The molecular formula is C29H28N2O4S. The Balaban J connectivity index is 1.72. The van der Waals surface area contributed by atoms with Crippen LogP contribution >= 0.6 is 11.8 Å². The molecule has 0 atom stereocenters. The van der Waals surface area contributed by atoms with Crippen LogP contribution in [0.15, 0.2) is 89.3 Å². The minimum Gasteiger partial charge on any atom is -0.504 e. The maximum atomic E-state index is 13.6. The van der Waals surface area contributed by atoms with Gasteiger partial charge in [-0.3, -0.25) is 9.69 Å². The van der Waals surface area contributed by atoms with Gasteiger partial charge in [-0.2, -0.15) is 0 Å². The van der Waals surface area contributed by atoms with Gasteiger partial charge >= 0.3 is 0 Å². The van der Waals surface area contributed by atoms with Crippen molar-refractivity contribution < 1.29 is 19.4 Å². The Kier molecular flexibility index (Phi) is 8.13.